The van der Waals surface area contributed by atoms with E-state index in [0.717, 1.165) is 39.1 Å². The Hall–Kier alpha value is -3.52. The minimum Gasteiger partial charge on any atom is -0.496 e. The van der Waals surface area contributed by atoms with Crippen LogP contribution in [-0.4, -0.2) is 26.8 Å². The van der Waals surface area contributed by atoms with Crippen molar-refractivity contribution >= 4 is 21.4 Å². The number of hydrogen-bond acceptors (Lipinski definition) is 6. The fraction of sp³-hybridized carbons (Fsp3) is 0.355. The van der Waals surface area contributed by atoms with E-state index >= 15 is 0 Å². The van der Waals surface area contributed by atoms with Gasteiger partial charge in [0.05, 0.1) is 18.4 Å². The summed E-state index contributed by atoms with van der Waals surface area (Å²) in [6.07, 6.45) is 2.17. The van der Waals surface area contributed by atoms with Crippen molar-refractivity contribution in [3.05, 3.63) is 77.1 Å². The molecule has 0 aromatic heterocycles. The van der Waals surface area contributed by atoms with E-state index in [2.05, 4.69) is 32.2 Å². The predicted octanol–water partition coefficient (Wildman–Crippen LogP) is 7.36. The molecule has 0 spiro atoms. The summed E-state index contributed by atoms with van der Waals surface area (Å²) in [5.74, 6) is 0.594. The van der Waals surface area contributed by atoms with Crippen molar-refractivity contribution in [2.45, 2.75) is 53.7 Å². The predicted molar refractivity (Wildman–Crippen MR) is 155 cm³/mol. The van der Waals surface area contributed by atoms with Crippen LogP contribution in [0, 0.1) is 18.7 Å². The molecule has 1 N–H and O–H groups in total. The van der Waals surface area contributed by atoms with Crippen LogP contribution in [0.4, 0.5) is 10.1 Å². The molecule has 3 aromatic rings. The second-order valence-electron chi connectivity index (χ2n) is 11.0. The van der Waals surface area contributed by atoms with Crippen LogP contribution in [0.1, 0.15) is 51.3 Å². The van der Waals surface area contributed by atoms with Crippen molar-refractivity contribution in [1.29, 1.82) is 0 Å². The number of benzene rings is 3. The van der Waals surface area contributed by atoms with Gasteiger partial charge in [-0.15, -0.1) is 0 Å². The van der Waals surface area contributed by atoms with E-state index in [4.69, 9.17) is 13.7 Å². The summed E-state index contributed by atoms with van der Waals surface area (Å²) >= 11 is 0. The summed E-state index contributed by atoms with van der Waals surface area (Å²) in [5.41, 5.74) is 6.16. The van der Waals surface area contributed by atoms with Gasteiger partial charge in [-0.05, 0) is 74.6 Å². The number of methoxy groups -OCH3 is 1. The number of aryl methyl sites for hydroxylation is 1. The lowest BCUT2D eigenvalue weighted by Crippen LogP contribution is -2.32. The van der Waals surface area contributed by atoms with Crippen LogP contribution < -0.4 is 19.0 Å². The molecule has 0 saturated carbocycles. The molecule has 0 saturated heterocycles. The summed E-state index contributed by atoms with van der Waals surface area (Å²) < 4.78 is 56.1. The first-order valence-electron chi connectivity index (χ1n) is 12.9. The minimum atomic E-state index is -3.74. The van der Waals surface area contributed by atoms with E-state index in [9.17, 15) is 12.8 Å². The molecular weight excluding hydrogens is 517 g/mol. The van der Waals surface area contributed by atoms with Crippen molar-refractivity contribution in [2.24, 2.45) is 5.92 Å². The summed E-state index contributed by atoms with van der Waals surface area (Å²) in [5, 5.41) is 3.57. The molecule has 0 aliphatic carbocycles. The van der Waals surface area contributed by atoms with Crippen molar-refractivity contribution < 1.29 is 26.5 Å². The fourth-order valence-corrected chi connectivity index (χ4v) is 6.30. The molecule has 0 fully saturated rings. The third-order valence-electron chi connectivity index (χ3n) is 6.49. The highest BCUT2D eigenvalue weighted by atomic mass is 32.2. The number of hydrogen-bond donors (Lipinski definition) is 1. The number of rotatable bonds is 9. The number of ether oxygens (including phenoxy) is 2. The molecule has 0 bridgehead atoms. The smallest absolute Gasteiger partial charge is 0.309 e. The zero-order valence-corrected chi connectivity index (χ0v) is 24.3. The Labute approximate surface area is 230 Å². The van der Waals surface area contributed by atoms with Crippen LogP contribution in [0.5, 0.6) is 17.2 Å². The van der Waals surface area contributed by atoms with Crippen LogP contribution >= 0.6 is 0 Å². The largest absolute Gasteiger partial charge is 0.496 e. The summed E-state index contributed by atoms with van der Waals surface area (Å²) in [4.78, 5) is 0. The van der Waals surface area contributed by atoms with Gasteiger partial charge in [-0.2, -0.15) is 8.42 Å². The SMILES string of the molecule is COc1cc(OS(=O)(=O)CC(C)C)ccc1-c1ccc2c(c1COc1cc(F)ccc1C)C(C)=CC(C)(C)N2. The molecule has 0 radical (unpaired) electrons. The second kappa shape index (κ2) is 10.9. The molecule has 3 aromatic carbocycles. The normalized spacial score (nSPS) is 14.3. The molecule has 0 unspecified atom stereocenters. The summed E-state index contributed by atoms with van der Waals surface area (Å²) in [6.45, 7) is 12.0. The van der Waals surface area contributed by atoms with Crippen molar-refractivity contribution in [3.63, 3.8) is 0 Å². The van der Waals surface area contributed by atoms with E-state index in [1.54, 1.807) is 24.3 Å². The molecule has 8 heteroatoms. The lowest BCUT2D eigenvalue weighted by Gasteiger charge is -2.33. The van der Waals surface area contributed by atoms with Gasteiger partial charge in [0.2, 0.25) is 0 Å². The molecule has 6 nitrogen and oxygen atoms in total. The fourth-order valence-electron chi connectivity index (χ4n) is 5.02. The molecule has 1 aliphatic rings. The highest BCUT2D eigenvalue weighted by Crippen LogP contribution is 2.43. The molecule has 4 rings (SSSR count). The van der Waals surface area contributed by atoms with Gasteiger partial charge < -0.3 is 19.0 Å². The van der Waals surface area contributed by atoms with Crippen LogP contribution in [0.2, 0.25) is 0 Å². The molecule has 208 valence electrons. The highest BCUT2D eigenvalue weighted by Gasteiger charge is 2.27. The Kier molecular flexibility index (Phi) is 7.98. The van der Waals surface area contributed by atoms with Gasteiger partial charge in [0.15, 0.2) is 0 Å². The lowest BCUT2D eigenvalue weighted by atomic mass is 9.85. The number of nitrogens with one attached hydrogen (secondary N) is 1. The van der Waals surface area contributed by atoms with Gasteiger partial charge in [-0.1, -0.05) is 32.1 Å². The molecule has 0 atom stereocenters. The Morgan fingerprint density at radius 3 is 2.38 bits per heavy atom. The average Bonchev–Trinajstić information content (AvgIpc) is 2.82. The van der Waals surface area contributed by atoms with Gasteiger partial charge in [0.25, 0.3) is 0 Å². The van der Waals surface area contributed by atoms with E-state index in [0.29, 0.717) is 11.5 Å². The van der Waals surface area contributed by atoms with Gasteiger partial charge >= 0.3 is 10.1 Å². The van der Waals surface area contributed by atoms with Gasteiger partial charge in [0, 0.05) is 34.5 Å². The Balaban J connectivity index is 1.81. The maximum atomic E-state index is 14.0. The third-order valence-corrected chi connectivity index (χ3v) is 8.01. The second-order valence-corrected chi connectivity index (χ2v) is 12.6. The highest BCUT2D eigenvalue weighted by molar-refractivity contribution is 7.87. The van der Waals surface area contributed by atoms with Crippen LogP contribution in [0.25, 0.3) is 16.7 Å². The maximum Gasteiger partial charge on any atom is 0.309 e. The third kappa shape index (κ3) is 6.56. The molecule has 39 heavy (non-hydrogen) atoms. The Morgan fingerprint density at radius 2 is 1.69 bits per heavy atom. The Morgan fingerprint density at radius 1 is 0.974 bits per heavy atom. The standard InChI is InChI=1S/C31H36FNO5S/c1-19(2)18-39(34,35)38-23-10-11-25(29(15-23)36-7)24-12-13-27-30(21(4)16-31(5,6)33-27)26(24)17-37-28-14-22(32)9-8-20(28)3/h8-16,19,33H,17-18H2,1-7H3. The van der Waals surface area contributed by atoms with Crippen LogP contribution in [0.15, 0.2) is 54.6 Å². The van der Waals surface area contributed by atoms with Crippen LogP contribution in [0.3, 0.4) is 0 Å². The molecule has 1 heterocycles. The molecular formula is C31H36FNO5S. The summed E-state index contributed by atoms with van der Waals surface area (Å²) in [6, 6.07) is 13.5. The molecule has 0 amide bonds. The number of halogens is 1. The number of fused-ring (bicyclic) bond motifs is 1. The Bertz CT molecular complexity index is 1530. The van der Waals surface area contributed by atoms with Crippen molar-refractivity contribution in [2.75, 3.05) is 18.2 Å². The number of allylic oxidation sites excluding steroid dienone is 1. The van der Waals surface area contributed by atoms with Gasteiger partial charge in [0.1, 0.15) is 29.7 Å². The first kappa shape index (κ1) is 28.5. The first-order chi connectivity index (χ1) is 18.3. The van der Waals surface area contributed by atoms with Gasteiger partial charge in [-0.25, -0.2) is 4.39 Å². The summed E-state index contributed by atoms with van der Waals surface area (Å²) in [7, 11) is -2.21. The quantitative estimate of drug-likeness (QED) is 0.279. The zero-order chi connectivity index (χ0) is 28.5. The monoisotopic (exact) mass is 553 g/mol. The van der Waals surface area contributed by atoms with Crippen molar-refractivity contribution in [3.8, 4) is 28.4 Å². The van der Waals surface area contributed by atoms with Crippen molar-refractivity contribution in [1.82, 2.24) is 0 Å². The van der Waals surface area contributed by atoms with Crippen LogP contribution in [-0.2, 0) is 16.7 Å². The molecule has 1 aliphatic heterocycles. The lowest BCUT2D eigenvalue weighted by molar-refractivity contribution is 0.302. The van der Waals surface area contributed by atoms with E-state index in [1.807, 2.05) is 32.9 Å². The van der Waals surface area contributed by atoms with E-state index < -0.39 is 10.1 Å². The number of anilines is 1. The minimum absolute atomic E-state index is 0.0640. The average molecular weight is 554 g/mol. The first-order valence-corrected chi connectivity index (χ1v) is 14.5. The zero-order valence-electron chi connectivity index (χ0n) is 23.5. The maximum absolute atomic E-state index is 14.0. The topological polar surface area (TPSA) is 73.9 Å². The van der Waals surface area contributed by atoms with E-state index in [-0.39, 0.29) is 35.4 Å². The van der Waals surface area contributed by atoms with E-state index in [1.165, 1.54) is 19.2 Å². The van der Waals surface area contributed by atoms with Gasteiger partial charge in [-0.3, -0.25) is 0 Å².